The van der Waals surface area contributed by atoms with Crippen LogP contribution in [-0.4, -0.2) is 9.79 Å². The van der Waals surface area contributed by atoms with Crippen molar-refractivity contribution < 1.29 is 31.9 Å². The summed E-state index contributed by atoms with van der Waals surface area (Å²) in [4.78, 5) is 17.1. The summed E-state index contributed by atoms with van der Waals surface area (Å²) < 4.78 is 60.8. The molecule has 0 radical (unpaired) electrons. The predicted octanol–water partition coefficient (Wildman–Crippen LogP) is 3.61. The van der Waals surface area contributed by atoms with Crippen LogP contribution in [-0.2, 0) is 10.7 Å². The molecule has 0 aromatic heterocycles. The van der Waals surface area contributed by atoms with E-state index < -0.39 is 30.8 Å². The molecule has 0 heterocycles. The first kappa shape index (κ1) is 14.6. The van der Waals surface area contributed by atoms with Crippen molar-refractivity contribution in [2.45, 2.75) is 12.1 Å². The Morgan fingerprint density at radius 3 is 2.24 bits per heavy atom. The van der Waals surface area contributed by atoms with Gasteiger partial charge in [-0.25, -0.2) is 4.39 Å². The van der Waals surface area contributed by atoms with Gasteiger partial charge in [0, 0.05) is 4.47 Å². The summed E-state index contributed by atoms with van der Waals surface area (Å²) >= 11 is 2.63. The smallest absolute Gasteiger partial charge is 0.322 e. The van der Waals surface area contributed by atoms with E-state index >= 15 is 0 Å². The molecule has 0 saturated heterocycles. The van der Waals surface area contributed by atoms with E-state index in [4.69, 9.17) is 9.79 Å². The van der Waals surface area contributed by atoms with Crippen molar-refractivity contribution in [2.75, 3.05) is 0 Å². The van der Waals surface area contributed by atoms with Gasteiger partial charge in [0.25, 0.3) is 0 Å². The zero-order valence-corrected chi connectivity index (χ0v) is 10.4. The molecule has 96 valence electrons. The fourth-order valence-electron chi connectivity index (χ4n) is 1.10. The van der Waals surface area contributed by atoms with Crippen LogP contribution in [0.25, 0.3) is 0 Å². The molecule has 1 aromatic rings. The molecule has 9 heteroatoms. The molecule has 0 spiro atoms. The van der Waals surface area contributed by atoms with Crippen LogP contribution in [0.2, 0.25) is 0 Å². The normalized spacial score (nSPS) is 14.8. The summed E-state index contributed by atoms with van der Waals surface area (Å²) in [5.74, 6) is -2.77. The fourth-order valence-corrected chi connectivity index (χ4v) is 2.12. The number of hydrogen-bond donors (Lipinski definition) is 2. The van der Waals surface area contributed by atoms with Crippen LogP contribution in [0.15, 0.2) is 22.7 Å². The van der Waals surface area contributed by atoms with Crippen molar-refractivity contribution in [3.8, 4) is 0 Å². The number of rotatable bonds is 2. The maximum absolute atomic E-state index is 13.2. The number of benzene rings is 1. The number of halogens is 5. The Morgan fingerprint density at radius 2 is 1.82 bits per heavy atom. The van der Waals surface area contributed by atoms with Gasteiger partial charge in [0.1, 0.15) is 0 Å². The fraction of sp³-hybridized carbons (Fsp3) is 0.250. The van der Waals surface area contributed by atoms with E-state index in [0.29, 0.717) is 6.07 Å². The molecular weight excluding hydrogens is 331 g/mol. The van der Waals surface area contributed by atoms with Gasteiger partial charge < -0.3 is 9.79 Å². The standard InChI is InChI=1S/C8H6BrF4O3P/c9-6-2-1-4(7(10)17(14,15)16)3-5(6)8(11,12)13/h1-3,7H,(H2,14,15,16). The lowest BCUT2D eigenvalue weighted by atomic mass is 10.1. The topological polar surface area (TPSA) is 57.5 Å². The number of hydrogen-bond acceptors (Lipinski definition) is 1. The predicted molar refractivity (Wildman–Crippen MR) is 55.0 cm³/mol. The summed E-state index contributed by atoms with van der Waals surface area (Å²) in [6.07, 6.45) is -4.73. The average Bonchev–Trinajstić information content (AvgIpc) is 2.14. The molecule has 1 unspecified atom stereocenters. The van der Waals surface area contributed by atoms with Crippen LogP contribution in [0.1, 0.15) is 17.0 Å². The van der Waals surface area contributed by atoms with Crippen LogP contribution in [0, 0.1) is 0 Å². The Hall–Kier alpha value is -0.430. The minimum absolute atomic E-state index is 0.327. The van der Waals surface area contributed by atoms with Gasteiger partial charge in [0.2, 0.25) is 5.91 Å². The maximum Gasteiger partial charge on any atom is 0.417 e. The van der Waals surface area contributed by atoms with E-state index in [1.807, 2.05) is 0 Å². The van der Waals surface area contributed by atoms with E-state index in [-0.39, 0.29) is 4.47 Å². The third-order valence-electron chi connectivity index (χ3n) is 1.87. The third-order valence-corrected chi connectivity index (χ3v) is 3.45. The van der Waals surface area contributed by atoms with E-state index in [9.17, 15) is 22.1 Å². The third kappa shape index (κ3) is 3.51. The monoisotopic (exact) mass is 336 g/mol. The lowest BCUT2D eigenvalue weighted by Crippen LogP contribution is -2.07. The second-order valence-corrected chi connectivity index (χ2v) is 5.65. The Balaban J connectivity index is 3.27. The van der Waals surface area contributed by atoms with E-state index in [2.05, 4.69) is 15.9 Å². The first-order valence-corrected chi connectivity index (χ1v) is 6.57. The summed E-state index contributed by atoms with van der Waals surface area (Å²) in [5.41, 5.74) is -1.90. The van der Waals surface area contributed by atoms with Crippen molar-refractivity contribution in [3.05, 3.63) is 33.8 Å². The zero-order valence-electron chi connectivity index (χ0n) is 7.95. The summed E-state index contributed by atoms with van der Waals surface area (Å²) in [5, 5.41) is 0. The van der Waals surface area contributed by atoms with Crippen molar-refractivity contribution in [1.82, 2.24) is 0 Å². The van der Waals surface area contributed by atoms with Gasteiger partial charge in [-0.05, 0) is 17.7 Å². The molecule has 0 aliphatic carbocycles. The Bertz CT molecular complexity index is 470. The van der Waals surface area contributed by atoms with E-state index in [1.54, 1.807) is 0 Å². The van der Waals surface area contributed by atoms with Crippen LogP contribution in [0.5, 0.6) is 0 Å². The maximum atomic E-state index is 13.2. The highest BCUT2D eigenvalue weighted by Crippen LogP contribution is 2.53. The molecule has 0 bridgehead atoms. The Morgan fingerprint density at radius 1 is 1.29 bits per heavy atom. The number of alkyl halides is 4. The quantitative estimate of drug-likeness (QED) is 0.640. The molecule has 1 rings (SSSR count). The minimum Gasteiger partial charge on any atom is -0.322 e. The van der Waals surface area contributed by atoms with Crippen molar-refractivity contribution >= 4 is 23.5 Å². The van der Waals surface area contributed by atoms with Crippen molar-refractivity contribution in [2.24, 2.45) is 0 Å². The molecule has 1 aromatic carbocycles. The highest BCUT2D eigenvalue weighted by Gasteiger charge is 2.36. The van der Waals surface area contributed by atoms with Gasteiger partial charge in [-0.15, -0.1) is 0 Å². The molecule has 0 saturated carbocycles. The lowest BCUT2D eigenvalue weighted by Gasteiger charge is -2.14. The van der Waals surface area contributed by atoms with Crippen LogP contribution < -0.4 is 0 Å². The van der Waals surface area contributed by atoms with Crippen molar-refractivity contribution in [1.29, 1.82) is 0 Å². The Labute approximate surface area is 102 Å². The second-order valence-electron chi connectivity index (χ2n) is 3.16. The van der Waals surface area contributed by atoms with Gasteiger partial charge in [-0.2, -0.15) is 13.2 Å². The Kier molecular flexibility index (Phi) is 4.03. The summed E-state index contributed by atoms with van der Waals surface area (Å²) in [6, 6.07) is 2.14. The zero-order chi connectivity index (χ0) is 13.4. The van der Waals surface area contributed by atoms with Gasteiger partial charge in [0.05, 0.1) is 5.56 Å². The summed E-state index contributed by atoms with van der Waals surface area (Å²) in [7, 11) is -5.12. The van der Waals surface area contributed by atoms with E-state index in [0.717, 1.165) is 12.1 Å². The van der Waals surface area contributed by atoms with Crippen molar-refractivity contribution in [3.63, 3.8) is 0 Å². The van der Waals surface area contributed by atoms with E-state index in [1.165, 1.54) is 0 Å². The van der Waals surface area contributed by atoms with Crippen LogP contribution in [0.4, 0.5) is 17.6 Å². The molecule has 2 N–H and O–H groups in total. The largest absolute Gasteiger partial charge is 0.417 e. The molecule has 3 nitrogen and oxygen atoms in total. The first-order valence-electron chi connectivity index (χ1n) is 4.09. The highest BCUT2D eigenvalue weighted by atomic mass is 79.9. The lowest BCUT2D eigenvalue weighted by molar-refractivity contribution is -0.138. The second kappa shape index (κ2) is 4.68. The molecule has 1 atom stereocenters. The molecule has 0 amide bonds. The van der Waals surface area contributed by atoms with Gasteiger partial charge in [-0.3, -0.25) is 4.57 Å². The van der Waals surface area contributed by atoms with Gasteiger partial charge in [-0.1, -0.05) is 22.0 Å². The molecule has 0 aliphatic rings. The average molecular weight is 337 g/mol. The minimum atomic E-state index is -5.12. The van der Waals surface area contributed by atoms with Crippen LogP contribution in [0.3, 0.4) is 0 Å². The van der Waals surface area contributed by atoms with Gasteiger partial charge >= 0.3 is 13.8 Å². The molecular formula is C8H6BrF4O3P. The highest BCUT2D eigenvalue weighted by molar-refractivity contribution is 9.10. The molecule has 0 fully saturated rings. The molecule has 0 aliphatic heterocycles. The van der Waals surface area contributed by atoms with Gasteiger partial charge in [0.15, 0.2) is 0 Å². The van der Waals surface area contributed by atoms with Crippen LogP contribution >= 0.6 is 23.5 Å². The summed E-state index contributed by atoms with van der Waals surface area (Å²) in [6.45, 7) is 0. The molecule has 17 heavy (non-hydrogen) atoms. The SMILES string of the molecule is O=P(O)(O)C(F)c1ccc(Br)c(C(F)(F)F)c1. The first-order chi connectivity index (χ1) is 7.53.